The molecule has 0 aromatic heterocycles. The van der Waals surface area contributed by atoms with Crippen LogP contribution in [0.2, 0.25) is 0 Å². The van der Waals surface area contributed by atoms with Crippen molar-refractivity contribution >= 4 is 15.7 Å². The van der Waals surface area contributed by atoms with E-state index in [0.717, 1.165) is 24.9 Å². The predicted molar refractivity (Wildman–Crippen MR) is 83.6 cm³/mol. The van der Waals surface area contributed by atoms with Crippen molar-refractivity contribution in [3.8, 4) is 0 Å². The first-order valence-corrected chi connectivity index (χ1v) is 8.56. The zero-order chi connectivity index (χ0) is 14.9. The van der Waals surface area contributed by atoms with E-state index in [9.17, 15) is 8.42 Å². The molecule has 0 bridgehead atoms. The van der Waals surface area contributed by atoms with Crippen LogP contribution in [0.5, 0.6) is 0 Å². The van der Waals surface area contributed by atoms with Gasteiger partial charge in [-0.3, -0.25) is 0 Å². The van der Waals surface area contributed by atoms with Gasteiger partial charge >= 0.3 is 0 Å². The molecule has 1 unspecified atom stereocenters. The number of anilines is 1. The van der Waals surface area contributed by atoms with Gasteiger partial charge in [0.1, 0.15) is 0 Å². The third-order valence-corrected chi connectivity index (χ3v) is 4.78. The number of nitrogens with two attached hydrogens (primary N) is 1. The molecule has 1 aliphatic carbocycles. The molecule has 21 heavy (non-hydrogen) atoms. The van der Waals surface area contributed by atoms with Crippen LogP contribution in [0.25, 0.3) is 0 Å². The minimum Gasteiger partial charge on any atom is -0.378 e. The van der Waals surface area contributed by atoms with Gasteiger partial charge < -0.3 is 5.32 Å². The van der Waals surface area contributed by atoms with E-state index < -0.39 is 10.0 Å². The molecule has 0 spiro atoms. The largest absolute Gasteiger partial charge is 0.378 e. The lowest BCUT2D eigenvalue weighted by Crippen LogP contribution is -2.18. The maximum absolute atomic E-state index is 11.4. The molecule has 1 atom stereocenters. The average molecular weight is 302 g/mol. The molecular formula is C16H18N2O2S. The summed E-state index contributed by atoms with van der Waals surface area (Å²) < 4.78 is 22.9. The SMILES string of the molecule is NS(=O)(=O)c1cccc(NC2CCCc3ccccc32)c1. The van der Waals surface area contributed by atoms with E-state index in [-0.39, 0.29) is 10.9 Å². The van der Waals surface area contributed by atoms with Crippen molar-refractivity contribution < 1.29 is 8.42 Å². The molecule has 3 N–H and O–H groups in total. The van der Waals surface area contributed by atoms with Gasteiger partial charge in [0.2, 0.25) is 10.0 Å². The van der Waals surface area contributed by atoms with E-state index in [1.807, 2.05) is 12.1 Å². The summed E-state index contributed by atoms with van der Waals surface area (Å²) >= 11 is 0. The topological polar surface area (TPSA) is 72.2 Å². The first-order chi connectivity index (χ1) is 10.0. The van der Waals surface area contributed by atoms with E-state index >= 15 is 0 Å². The van der Waals surface area contributed by atoms with Crippen LogP contribution in [0.1, 0.15) is 30.0 Å². The number of nitrogens with one attached hydrogen (secondary N) is 1. The summed E-state index contributed by atoms with van der Waals surface area (Å²) in [5, 5.41) is 8.61. The number of rotatable bonds is 3. The van der Waals surface area contributed by atoms with Gasteiger partial charge in [-0.1, -0.05) is 30.3 Å². The minimum atomic E-state index is -3.67. The van der Waals surface area contributed by atoms with Crippen LogP contribution in [0.3, 0.4) is 0 Å². The number of sulfonamides is 1. The molecule has 0 fully saturated rings. The van der Waals surface area contributed by atoms with Crippen molar-refractivity contribution in [3.63, 3.8) is 0 Å². The van der Waals surface area contributed by atoms with Crippen molar-refractivity contribution in [2.24, 2.45) is 5.14 Å². The van der Waals surface area contributed by atoms with Crippen LogP contribution in [-0.4, -0.2) is 8.42 Å². The van der Waals surface area contributed by atoms with Crippen molar-refractivity contribution in [2.45, 2.75) is 30.2 Å². The van der Waals surface area contributed by atoms with E-state index in [1.54, 1.807) is 12.1 Å². The number of hydrogen-bond donors (Lipinski definition) is 2. The molecule has 0 saturated carbocycles. The van der Waals surface area contributed by atoms with Crippen molar-refractivity contribution in [2.75, 3.05) is 5.32 Å². The molecule has 4 nitrogen and oxygen atoms in total. The molecule has 2 aromatic rings. The molecule has 0 aliphatic heterocycles. The second-order valence-electron chi connectivity index (χ2n) is 5.36. The van der Waals surface area contributed by atoms with Gasteiger partial charge in [-0.25, -0.2) is 13.6 Å². The van der Waals surface area contributed by atoms with Crippen LogP contribution in [-0.2, 0) is 16.4 Å². The lowest BCUT2D eigenvalue weighted by molar-refractivity contribution is 0.596. The Labute approximate surface area is 125 Å². The third-order valence-electron chi connectivity index (χ3n) is 3.87. The summed E-state index contributed by atoms with van der Waals surface area (Å²) in [4.78, 5) is 0.136. The van der Waals surface area contributed by atoms with E-state index in [0.29, 0.717) is 0 Å². The van der Waals surface area contributed by atoms with Crippen LogP contribution in [0.4, 0.5) is 5.69 Å². The highest BCUT2D eigenvalue weighted by Crippen LogP contribution is 2.32. The molecular weight excluding hydrogens is 284 g/mol. The minimum absolute atomic E-state index is 0.136. The van der Waals surface area contributed by atoms with Crippen molar-refractivity contribution in [1.29, 1.82) is 0 Å². The second-order valence-corrected chi connectivity index (χ2v) is 6.92. The summed E-state index contributed by atoms with van der Waals surface area (Å²) in [6.45, 7) is 0. The Kier molecular flexibility index (Phi) is 3.69. The van der Waals surface area contributed by atoms with Gasteiger partial charge in [-0.2, -0.15) is 0 Å². The van der Waals surface area contributed by atoms with Gasteiger partial charge in [0.15, 0.2) is 0 Å². The molecule has 0 radical (unpaired) electrons. The Bertz CT molecular complexity index is 756. The molecule has 0 saturated heterocycles. The van der Waals surface area contributed by atoms with Crippen LogP contribution >= 0.6 is 0 Å². The monoisotopic (exact) mass is 302 g/mol. The van der Waals surface area contributed by atoms with Gasteiger partial charge in [0.05, 0.1) is 10.9 Å². The quantitative estimate of drug-likeness (QED) is 0.915. The Balaban J connectivity index is 1.89. The number of benzene rings is 2. The maximum atomic E-state index is 11.4. The third kappa shape index (κ3) is 3.09. The lowest BCUT2D eigenvalue weighted by atomic mass is 9.87. The fraction of sp³-hybridized carbons (Fsp3) is 0.250. The highest BCUT2D eigenvalue weighted by Gasteiger charge is 2.19. The fourth-order valence-electron chi connectivity index (χ4n) is 2.87. The normalized spacial score (nSPS) is 18.0. The Morgan fingerprint density at radius 1 is 1.10 bits per heavy atom. The zero-order valence-electron chi connectivity index (χ0n) is 11.6. The highest BCUT2D eigenvalue weighted by molar-refractivity contribution is 7.89. The van der Waals surface area contributed by atoms with Gasteiger partial charge in [0, 0.05) is 5.69 Å². The number of aryl methyl sites for hydroxylation is 1. The van der Waals surface area contributed by atoms with E-state index in [2.05, 4.69) is 23.5 Å². The van der Waals surface area contributed by atoms with E-state index in [4.69, 9.17) is 5.14 Å². The molecule has 1 aliphatic rings. The smallest absolute Gasteiger partial charge is 0.238 e. The molecule has 5 heteroatoms. The average Bonchev–Trinajstić information content (AvgIpc) is 2.47. The first kappa shape index (κ1) is 14.1. The molecule has 0 amide bonds. The first-order valence-electron chi connectivity index (χ1n) is 7.01. The van der Waals surface area contributed by atoms with Gasteiger partial charge in [0.25, 0.3) is 0 Å². The van der Waals surface area contributed by atoms with Crippen LogP contribution in [0, 0.1) is 0 Å². The summed E-state index contributed by atoms with van der Waals surface area (Å²) in [5.74, 6) is 0. The van der Waals surface area contributed by atoms with Gasteiger partial charge in [-0.05, 0) is 48.6 Å². The highest BCUT2D eigenvalue weighted by atomic mass is 32.2. The molecule has 110 valence electrons. The Hall–Kier alpha value is -1.85. The fourth-order valence-corrected chi connectivity index (χ4v) is 3.43. The standard InChI is InChI=1S/C16H18N2O2S/c17-21(19,20)14-8-4-7-13(11-14)18-16-10-3-6-12-5-1-2-9-15(12)16/h1-2,4-5,7-9,11,16,18H,3,6,10H2,(H2,17,19,20). The summed E-state index contributed by atoms with van der Waals surface area (Å²) in [7, 11) is -3.67. The van der Waals surface area contributed by atoms with Crippen LogP contribution < -0.4 is 10.5 Å². The zero-order valence-corrected chi connectivity index (χ0v) is 12.4. The molecule has 0 heterocycles. The van der Waals surface area contributed by atoms with Crippen molar-refractivity contribution in [3.05, 3.63) is 59.7 Å². The number of primary sulfonamides is 1. The predicted octanol–water partition coefficient (Wildman–Crippen LogP) is 2.82. The number of fused-ring (bicyclic) bond motifs is 1. The summed E-state index contributed by atoms with van der Waals surface area (Å²) in [6, 6.07) is 15.3. The van der Waals surface area contributed by atoms with Gasteiger partial charge in [-0.15, -0.1) is 0 Å². The second kappa shape index (κ2) is 5.50. The van der Waals surface area contributed by atoms with Crippen LogP contribution in [0.15, 0.2) is 53.4 Å². The molecule has 2 aromatic carbocycles. The number of hydrogen-bond acceptors (Lipinski definition) is 3. The maximum Gasteiger partial charge on any atom is 0.238 e. The Morgan fingerprint density at radius 3 is 2.71 bits per heavy atom. The molecule has 3 rings (SSSR count). The summed E-state index contributed by atoms with van der Waals surface area (Å²) in [6.07, 6.45) is 3.27. The lowest BCUT2D eigenvalue weighted by Gasteiger charge is -2.27. The van der Waals surface area contributed by atoms with Crippen molar-refractivity contribution in [1.82, 2.24) is 0 Å². The Morgan fingerprint density at radius 2 is 1.90 bits per heavy atom. The van der Waals surface area contributed by atoms with E-state index in [1.165, 1.54) is 17.2 Å². The summed E-state index contributed by atoms with van der Waals surface area (Å²) in [5.41, 5.74) is 3.44.